The van der Waals surface area contributed by atoms with Gasteiger partial charge in [0.15, 0.2) is 5.96 Å². The molecule has 0 aliphatic carbocycles. The molecule has 74 heavy (non-hydrogen) atoms. The number of amides is 10. The summed E-state index contributed by atoms with van der Waals surface area (Å²) < 4.78 is 0. The highest BCUT2D eigenvalue weighted by molar-refractivity contribution is 5.99. The van der Waals surface area contributed by atoms with Gasteiger partial charge >= 0.3 is 5.97 Å². The van der Waals surface area contributed by atoms with E-state index >= 15 is 0 Å². The van der Waals surface area contributed by atoms with Crippen LogP contribution in [0, 0.1) is 11.8 Å². The van der Waals surface area contributed by atoms with Gasteiger partial charge in [-0.05, 0) is 51.9 Å². The molecule has 1 rings (SSSR count). The van der Waals surface area contributed by atoms with E-state index in [4.69, 9.17) is 22.9 Å². The summed E-state index contributed by atoms with van der Waals surface area (Å²) in [4.78, 5) is 154. The summed E-state index contributed by atoms with van der Waals surface area (Å²) in [6, 6.07) is -13.6. The predicted molar refractivity (Wildman–Crippen MR) is 260 cm³/mol. The number of hydrogen-bond donors (Lipinski definition) is 18. The molecule has 0 aliphatic rings. The lowest BCUT2D eigenvalue weighted by atomic mass is 9.99. The molecule has 11 atom stereocenters. The van der Waals surface area contributed by atoms with E-state index in [0.29, 0.717) is 5.69 Å². The van der Waals surface area contributed by atoms with E-state index in [9.17, 15) is 73.2 Å². The normalized spacial score (nSPS) is 15.6. The number of nitrogens with zero attached hydrogens (tertiary/aromatic N) is 2. The number of carboxylic acids is 1. The molecule has 10 amide bonds. The van der Waals surface area contributed by atoms with Gasteiger partial charge in [-0.2, -0.15) is 0 Å². The van der Waals surface area contributed by atoms with Crippen LogP contribution >= 0.6 is 0 Å². The molecular formula is C43H74N16O15. The lowest BCUT2D eigenvalue weighted by Crippen LogP contribution is -2.61. The fraction of sp³-hybridized carbons (Fsp3) is 0.651. The van der Waals surface area contributed by atoms with Gasteiger partial charge in [0, 0.05) is 24.9 Å². The molecule has 31 heteroatoms. The summed E-state index contributed by atoms with van der Waals surface area (Å²) in [5, 5.41) is 60.4. The Labute approximate surface area is 426 Å². The number of imidazole rings is 1. The minimum Gasteiger partial charge on any atom is -0.480 e. The van der Waals surface area contributed by atoms with Crippen molar-refractivity contribution in [3.05, 3.63) is 18.2 Å². The Bertz CT molecular complexity index is 2120. The maximum atomic E-state index is 13.9. The lowest BCUT2D eigenvalue weighted by molar-refractivity contribution is -0.142. The fourth-order valence-electron chi connectivity index (χ4n) is 6.56. The molecule has 0 saturated carbocycles. The number of carbonyl (C=O) groups is 11. The zero-order chi connectivity index (χ0) is 56.6. The molecule has 22 N–H and O–H groups in total. The lowest BCUT2D eigenvalue weighted by Gasteiger charge is -2.29. The quantitative estimate of drug-likeness (QED) is 0.0177. The van der Waals surface area contributed by atoms with Crippen molar-refractivity contribution >= 4 is 71.0 Å². The number of rotatable bonds is 33. The van der Waals surface area contributed by atoms with Crippen LogP contribution in [0.4, 0.5) is 0 Å². The van der Waals surface area contributed by atoms with Crippen molar-refractivity contribution in [2.24, 2.45) is 39.8 Å². The molecule has 0 radical (unpaired) electrons. The first-order chi connectivity index (χ1) is 34.5. The molecule has 0 saturated heterocycles. The minimum absolute atomic E-state index is 0.0765. The van der Waals surface area contributed by atoms with E-state index in [1.807, 2.05) is 0 Å². The molecule has 416 valence electrons. The van der Waals surface area contributed by atoms with Crippen molar-refractivity contribution in [1.29, 1.82) is 0 Å². The Kier molecular flexibility index (Phi) is 27.8. The fourth-order valence-corrected chi connectivity index (χ4v) is 6.56. The summed E-state index contributed by atoms with van der Waals surface area (Å²) in [5.41, 5.74) is 21.9. The molecule has 0 aliphatic heterocycles. The first-order valence-corrected chi connectivity index (χ1v) is 23.4. The third kappa shape index (κ3) is 23.4. The number of aliphatic carboxylic acids is 1. The summed E-state index contributed by atoms with van der Waals surface area (Å²) in [5.74, 6) is -12.5. The van der Waals surface area contributed by atoms with E-state index in [0.717, 1.165) is 6.92 Å². The van der Waals surface area contributed by atoms with Crippen LogP contribution in [0.1, 0.15) is 79.8 Å². The number of aliphatic hydroxyl groups is 3. The van der Waals surface area contributed by atoms with Crippen molar-refractivity contribution in [3.8, 4) is 0 Å². The highest BCUT2D eigenvalue weighted by Crippen LogP contribution is 2.11. The average Bonchev–Trinajstić information content (AvgIpc) is 3.82. The molecule has 1 aromatic heterocycles. The number of aliphatic hydroxyl groups excluding tert-OH is 3. The third-order valence-electron chi connectivity index (χ3n) is 10.7. The second-order valence-corrected chi connectivity index (χ2v) is 18.1. The average molecular weight is 1060 g/mol. The molecule has 0 spiro atoms. The van der Waals surface area contributed by atoms with Gasteiger partial charge in [0.2, 0.25) is 59.1 Å². The summed E-state index contributed by atoms with van der Waals surface area (Å²) in [7, 11) is 0. The number of primary amides is 1. The van der Waals surface area contributed by atoms with Crippen molar-refractivity contribution < 1.29 is 73.2 Å². The van der Waals surface area contributed by atoms with Crippen LogP contribution in [0.25, 0.3) is 0 Å². The molecule has 0 aromatic carbocycles. The monoisotopic (exact) mass is 1050 g/mol. The van der Waals surface area contributed by atoms with Gasteiger partial charge in [-0.25, -0.2) is 9.78 Å². The number of aromatic nitrogens is 2. The highest BCUT2D eigenvalue weighted by Gasteiger charge is 2.36. The predicted octanol–water partition coefficient (Wildman–Crippen LogP) is -8.24. The van der Waals surface area contributed by atoms with Crippen LogP contribution in [-0.2, 0) is 59.2 Å². The van der Waals surface area contributed by atoms with Gasteiger partial charge in [-0.15, -0.1) is 0 Å². The summed E-state index contributed by atoms with van der Waals surface area (Å²) in [6.45, 7) is 8.38. The van der Waals surface area contributed by atoms with Crippen LogP contribution in [0.5, 0.6) is 0 Å². The number of H-pyrrole nitrogens is 1. The first kappa shape index (κ1) is 64.5. The van der Waals surface area contributed by atoms with Gasteiger partial charge in [-0.3, -0.25) is 52.9 Å². The van der Waals surface area contributed by atoms with Crippen LogP contribution < -0.4 is 70.8 Å². The van der Waals surface area contributed by atoms with E-state index < -0.39 is 157 Å². The molecular weight excluding hydrogens is 981 g/mol. The third-order valence-corrected chi connectivity index (χ3v) is 10.7. The summed E-state index contributed by atoms with van der Waals surface area (Å²) in [6.07, 6.45) is -1.19. The standard InChI is InChI=1S/C43H74N16O15/c1-18(2)11-25(55-39(70)31(45)21(6)61)37(68)59-32(19(3)4)40(71)56-26(12-23-14-48-17-51-23)36(67)54-27(13-29(44)63)35(66)50-15-30(64)58-33(22(7)62)41(72)57-28(16-60)38(69)52-20(5)34(65)53-24(42(73)74)9-8-10-49-43(46)47/h14,17-22,24-28,31-33,60-62H,8-13,15-16,45H2,1-7H3,(H2,44,63)(H,48,51)(H,50,66)(H,52,69)(H,53,65)(H,54,67)(H,55,70)(H,56,71)(H,57,72)(H,58,64)(H,59,68)(H,73,74)(H4,46,47,49)/t20-,21+,22+,24-,25-,26-,27-,28-,31-,32-,33-/m0/s1. The van der Waals surface area contributed by atoms with Gasteiger partial charge < -0.3 is 96.2 Å². The Morgan fingerprint density at radius 1 is 0.649 bits per heavy atom. The maximum Gasteiger partial charge on any atom is 0.326 e. The number of nitrogens with one attached hydrogen (secondary N) is 10. The van der Waals surface area contributed by atoms with Crippen molar-refractivity contribution in [2.75, 3.05) is 19.7 Å². The summed E-state index contributed by atoms with van der Waals surface area (Å²) >= 11 is 0. The van der Waals surface area contributed by atoms with Crippen molar-refractivity contribution in [1.82, 2.24) is 57.8 Å². The highest BCUT2D eigenvalue weighted by atomic mass is 16.4. The number of hydrogen-bond acceptors (Lipinski definition) is 17. The second kappa shape index (κ2) is 31.8. The number of guanidine groups is 1. The molecule has 1 aromatic rings. The zero-order valence-electron chi connectivity index (χ0n) is 42.3. The largest absolute Gasteiger partial charge is 0.480 e. The number of aromatic amines is 1. The number of nitrogens with two attached hydrogens (primary N) is 4. The van der Waals surface area contributed by atoms with Gasteiger partial charge in [0.25, 0.3) is 0 Å². The Morgan fingerprint density at radius 2 is 1.20 bits per heavy atom. The van der Waals surface area contributed by atoms with Crippen LogP contribution in [0.3, 0.4) is 0 Å². The Morgan fingerprint density at radius 3 is 1.72 bits per heavy atom. The van der Waals surface area contributed by atoms with E-state index in [2.05, 4.69) is 62.8 Å². The smallest absolute Gasteiger partial charge is 0.326 e. The van der Waals surface area contributed by atoms with Crippen LogP contribution in [0.2, 0.25) is 0 Å². The Balaban J connectivity index is 3.14. The second-order valence-electron chi connectivity index (χ2n) is 18.1. The SMILES string of the molecule is CC(C)C[C@H](NC(=O)[C@@H](N)[C@@H](C)O)C(=O)N[C@H](C(=O)N[C@@H](Cc1cnc[nH]1)C(=O)N[C@@H](CC(N)=O)C(=O)NCC(=O)N[C@H](C(=O)N[C@@H](CO)C(=O)N[C@@H](C)C(=O)N[C@@H](CCCN=C(N)N)C(=O)O)[C@@H](C)O)C(C)C. The Hall–Kier alpha value is -7.51. The number of aliphatic imine (C=N–C) groups is 1. The number of carboxylic acid groups (broad SMARTS) is 1. The minimum atomic E-state index is -1.84. The van der Waals surface area contributed by atoms with E-state index in [1.165, 1.54) is 26.4 Å². The van der Waals surface area contributed by atoms with Crippen LogP contribution in [0.15, 0.2) is 17.5 Å². The van der Waals surface area contributed by atoms with Gasteiger partial charge in [-0.1, -0.05) is 27.7 Å². The van der Waals surface area contributed by atoms with Crippen molar-refractivity contribution in [3.63, 3.8) is 0 Å². The first-order valence-electron chi connectivity index (χ1n) is 23.4. The van der Waals surface area contributed by atoms with Gasteiger partial charge in [0.05, 0.1) is 38.1 Å². The van der Waals surface area contributed by atoms with E-state index in [-0.39, 0.29) is 44.1 Å². The zero-order valence-corrected chi connectivity index (χ0v) is 42.3. The molecule has 0 bridgehead atoms. The molecule has 0 fully saturated rings. The van der Waals surface area contributed by atoms with Crippen molar-refractivity contribution in [2.45, 2.75) is 147 Å². The molecule has 0 unspecified atom stereocenters. The van der Waals surface area contributed by atoms with E-state index in [1.54, 1.807) is 27.7 Å². The van der Waals surface area contributed by atoms with Gasteiger partial charge in [0.1, 0.15) is 54.4 Å². The topological polar surface area (TPSA) is 522 Å². The molecule has 31 nitrogen and oxygen atoms in total. The molecule has 1 heterocycles. The maximum absolute atomic E-state index is 13.9. The van der Waals surface area contributed by atoms with Crippen LogP contribution in [-0.4, -0.2) is 188 Å². The number of carbonyl (C=O) groups excluding carboxylic acids is 10.